The van der Waals surface area contributed by atoms with E-state index >= 15 is 0 Å². The fraction of sp³-hybridized carbons (Fsp3) is 0. The molecule has 0 fully saturated rings. The van der Waals surface area contributed by atoms with Gasteiger partial charge in [-0.3, -0.25) is 5.43 Å². The molecular formula is C21H15ClN4S. The van der Waals surface area contributed by atoms with Gasteiger partial charge in [0, 0.05) is 10.6 Å². The molecule has 0 aliphatic heterocycles. The molecule has 0 saturated heterocycles. The van der Waals surface area contributed by atoms with E-state index in [0.29, 0.717) is 10.9 Å². The summed E-state index contributed by atoms with van der Waals surface area (Å²) in [5.74, 6) is 0.589. The fourth-order valence-corrected chi connectivity index (χ4v) is 3.56. The van der Waals surface area contributed by atoms with E-state index in [1.54, 1.807) is 17.6 Å². The molecule has 1 N–H and O–H groups in total. The summed E-state index contributed by atoms with van der Waals surface area (Å²) in [6.07, 6.45) is 1.68. The molecule has 0 aliphatic rings. The molecule has 27 heavy (non-hydrogen) atoms. The quantitative estimate of drug-likeness (QED) is 0.278. The van der Waals surface area contributed by atoms with Crippen LogP contribution in [0.1, 0.15) is 10.6 Å². The molecule has 0 atom stereocenters. The second kappa shape index (κ2) is 8.12. The number of aliphatic imine (C=N–C) groups is 1. The van der Waals surface area contributed by atoms with Gasteiger partial charge >= 0.3 is 0 Å². The summed E-state index contributed by atoms with van der Waals surface area (Å²) in [7, 11) is 0. The fourth-order valence-electron chi connectivity index (χ4n) is 2.47. The molecular weight excluding hydrogens is 376 g/mol. The Labute approximate surface area is 165 Å². The third-order valence-electron chi connectivity index (χ3n) is 3.77. The number of thiazole rings is 1. The van der Waals surface area contributed by atoms with Gasteiger partial charge in [0.2, 0.25) is 0 Å². The largest absolute Gasteiger partial charge is 0.259 e. The Morgan fingerprint density at radius 1 is 0.926 bits per heavy atom. The molecule has 0 radical (unpaired) electrons. The van der Waals surface area contributed by atoms with Gasteiger partial charge in [0.15, 0.2) is 10.8 Å². The molecule has 0 unspecified atom stereocenters. The van der Waals surface area contributed by atoms with Crippen LogP contribution in [-0.2, 0) is 0 Å². The summed E-state index contributed by atoms with van der Waals surface area (Å²) >= 11 is 7.75. The Hall–Kier alpha value is -3.02. The SMILES string of the molecule is Clc1ccccc1C=NNC(=Nc1ccccc1)c1nc2ccccc2s1. The summed E-state index contributed by atoms with van der Waals surface area (Å²) in [5.41, 5.74) is 5.62. The number of nitrogens with zero attached hydrogens (tertiary/aromatic N) is 3. The average molecular weight is 391 g/mol. The van der Waals surface area contributed by atoms with Gasteiger partial charge in [0.1, 0.15) is 0 Å². The number of hydrogen-bond acceptors (Lipinski definition) is 4. The van der Waals surface area contributed by atoms with E-state index in [1.165, 1.54) is 0 Å². The van der Waals surface area contributed by atoms with Crippen LogP contribution in [0.25, 0.3) is 10.2 Å². The van der Waals surface area contributed by atoms with Crippen molar-refractivity contribution in [1.82, 2.24) is 10.4 Å². The summed E-state index contributed by atoms with van der Waals surface area (Å²) < 4.78 is 1.10. The number of hydrogen-bond donors (Lipinski definition) is 1. The summed E-state index contributed by atoms with van der Waals surface area (Å²) in [6, 6.07) is 25.3. The maximum absolute atomic E-state index is 6.18. The number of hydrazone groups is 1. The minimum atomic E-state index is 0.589. The van der Waals surface area contributed by atoms with Crippen molar-refractivity contribution in [2.45, 2.75) is 0 Å². The van der Waals surface area contributed by atoms with Crippen LogP contribution in [0.2, 0.25) is 5.02 Å². The molecule has 132 valence electrons. The van der Waals surface area contributed by atoms with Gasteiger partial charge in [0.25, 0.3) is 0 Å². The van der Waals surface area contributed by atoms with Gasteiger partial charge in [-0.05, 0) is 30.3 Å². The average Bonchev–Trinajstić information content (AvgIpc) is 3.13. The van der Waals surface area contributed by atoms with Crippen LogP contribution in [0.4, 0.5) is 5.69 Å². The maximum Gasteiger partial charge on any atom is 0.183 e. The van der Waals surface area contributed by atoms with Crippen LogP contribution < -0.4 is 5.43 Å². The second-order valence-electron chi connectivity index (χ2n) is 5.67. The molecule has 0 bridgehead atoms. The van der Waals surface area contributed by atoms with Crippen molar-refractivity contribution >= 4 is 50.9 Å². The molecule has 0 aliphatic carbocycles. The van der Waals surface area contributed by atoms with Gasteiger partial charge in [0.05, 0.1) is 22.1 Å². The lowest BCUT2D eigenvalue weighted by molar-refractivity contribution is 1.03. The van der Waals surface area contributed by atoms with Crippen molar-refractivity contribution in [1.29, 1.82) is 0 Å². The third kappa shape index (κ3) is 4.22. The molecule has 4 nitrogen and oxygen atoms in total. The standard InChI is InChI=1S/C21H15ClN4S/c22-17-11-5-4-8-15(17)14-23-26-20(24-16-9-2-1-3-10-16)21-25-18-12-6-7-13-19(18)27-21/h1-14H,(H,24,26). The Morgan fingerprint density at radius 2 is 1.67 bits per heavy atom. The van der Waals surface area contributed by atoms with E-state index in [2.05, 4.69) is 20.5 Å². The van der Waals surface area contributed by atoms with E-state index < -0.39 is 0 Å². The van der Waals surface area contributed by atoms with Crippen molar-refractivity contribution in [3.8, 4) is 0 Å². The zero-order valence-corrected chi connectivity index (χ0v) is 15.8. The molecule has 6 heteroatoms. The second-order valence-corrected chi connectivity index (χ2v) is 7.11. The predicted molar refractivity (Wildman–Crippen MR) is 114 cm³/mol. The number of benzene rings is 3. The van der Waals surface area contributed by atoms with Crippen LogP contribution >= 0.6 is 22.9 Å². The third-order valence-corrected chi connectivity index (χ3v) is 5.16. The molecule has 1 heterocycles. The Morgan fingerprint density at radius 3 is 2.48 bits per heavy atom. The smallest absolute Gasteiger partial charge is 0.183 e. The van der Waals surface area contributed by atoms with E-state index in [-0.39, 0.29) is 0 Å². The molecule has 0 spiro atoms. The topological polar surface area (TPSA) is 49.6 Å². The normalized spacial score (nSPS) is 12.0. The molecule has 1 aromatic heterocycles. The van der Waals surface area contributed by atoms with Crippen LogP contribution in [-0.4, -0.2) is 17.0 Å². The van der Waals surface area contributed by atoms with Crippen LogP contribution in [0.5, 0.6) is 0 Å². The molecule has 0 amide bonds. The highest BCUT2D eigenvalue weighted by molar-refractivity contribution is 7.20. The van der Waals surface area contributed by atoms with Gasteiger partial charge < -0.3 is 0 Å². The van der Waals surface area contributed by atoms with Crippen molar-refractivity contribution in [2.75, 3.05) is 0 Å². The highest BCUT2D eigenvalue weighted by Gasteiger charge is 2.10. The van der Waals surface area contributed by atoms with Gasteiger partial charge in [-0.25, -0.2) is 9.98 Å². The zero-order chi connectivity index (χ0) is 18.5. The number of amidine groups is 1. The van der Waals surface area contributed by atoms with Crippen molar-refractivity contribution < 1.29 is 0 Å². The first kappa shape index (κ1) is 17.4. The van der Waals surface area contributed by atoms with Crippen molar-refractivity contribution in [3.63, 3.8) is 0 Å². The Kier molecular flexibility index (Phi) is 5.23. The zero-order valence-electron chi connectivity index (χ0n) is 14.2. The number of nitrogens with one attached hydrogen (secondary N) is 1. The molecule has 4 rings (SSSR count). The number of fused-ring (bicyclic) bond motifs is 1. The maximum atomic E-state index is 6.18. The van der Waals surface area contributed by atoms with Crippen molar-refractivity contribution in [2.24, 2.45) is 10.1 Å². The Balaban J connectivity index is 1.68. The summed E-state index contributed by atoms with van der Waals surface area (Å²) in [6.45, 7) is 0. The van der Waals surface area contributed by atoms with E-state index in [1.807, 2.05) is 78.9 Å². The lowest BCUT2D eigenvalue weighted by Gasteiger charge is -2.03. The van der Waals surface area contributed by atoms with Crippen LogP contribution in [0.3, 0.4) is 0 Å². The minimum Gasteiger partial charge on any atom is -0.259 e. The van der Waals surface area contributed by atoms with E-state index in [9.17, 15) is 0 Å². The lowest BCUT2D eigenvalue weighted by Crippen LogP contribution is -2.18. The number of rotatable bonds is 4. The monoisotopic (exact) mass is 390 g/mol. The predicted octanol–water partition coefficient (Wildman–Crippen LogP) is 5.65. The lowest BCUT2D eigenvalue weighted by atomic mass is 10.2. The highest BCUT2D eigenvalue weighted by Crippen LogP contribution is 2.23. The summed E-state index contributed by atoms with van der Waals surface area (Å²) in [4.78, 5) is 9.36. The number of aromatic nitrogens is 1. The minimum absolute atomic E-state index is 0.589. The van der Waals surface area contributed by atoms with E-state index in [0.717, 1.165) is 26.5 Å². The highest BCUT2D eigenvalue weighted by atomic mass is 35.5. The summed E-state index contributed by atoms with van der Waals surface area (Å²) in [5, 5.41) is 5.74. The van der Waals surface area contributed by atoms with Crippen LogP contribution in [0, 0.1) is 0 Å². The number of para-hydroxylation sites is 2. The molecule has 0 saturated carbocycles. The van der Waals surface area contributed by atoms with Gasteiger partial charge in [-0.15, -0.1) is 11.3 Å². The molecule has 4 aromatic rings. The van der Waals surface area contributed by atoms with E-state index in [4.69, 9.17) is 11.6 Å². The van der Waals surface area contributed by atoms with Crippen LogP contribution in [0.15, 0.2) is 89.0 Å². The number of halogens is 1. The first-order valence-electron chi connectivity index (χ1n) is 8.33. The van der Waals surface area contributed by atoms with Crippen molar-refractivity contribution in [3.05, 3.63) is 94.5 Å². The van der Waals surface area contributed by atoms with Gasteiger partial charge in [-0.2, -0.15) is 5.10 Å². The Bertz CT molecular complexity index is 1090. The molecule has 3 aromatic carbocycles. The first-order chi connectivity index (χ1) is 13.3. The first-order valence-corrected chi connectivity index (χ1v) is 9.52. The van der Waals surface area contributed by atoms with Gasteiger partial charge in [-0.1, -0.05) is 60.1 Å².